The molecule has 1 aliphatic heterocycles. The van der Waals surface area contributed by atoms with E-state index in [0.717, 1.165) is 32.8 Å². The van der Waals surface area contributed by atoms with Gasteiger partial charge in [0.25, 0.3) is 0 Å². The summed E-state index contributed by atoms with van der Waals surface area (Å²) >= 11 is 0. The summed E-state index contributed by atoms with van der Waals surface area (Å²) in [6.07, 6.45) is 7.26. The normalized spacial score (nSPS) is 14.8. The Morgan fingerprint density at radius 3 is 1.95 bits per heavy atom. The fourth-order valence-corrected chi connectivity index (χ4v) is 6.20. The molecule has 7 aromatic rings. The van der Waals surface area contributed by atoms with E-state index >= 15 is 0 Å². The largest absolute Gasteiger partial charge is 0.511 e. The molecular weight excluding hydrogens is 639 g/mol. The Labute approximate surface area is 274 Å². The summed E-state index contributed by atoms with van der Waals surface area (Å²) in [7, 11) is 0. The van der Waals surface area contributed by atoms with Crippen LogP contribution in [0, 0.1) is 18.8 Å². The molecule has 0 spiro atoms. The first-order valence-corrected chi connectivity index (χ1v) is 14.5. The van der Waals surface area contributed by atoms with Gasteiger partial charge in [-0.3, -0.25) is 4.68 Å². The van der Waals surface area contributed by atoms with Gasteiger partial charge < -0.3 is 18.6 Å². The van der Waals surface area contributed by atoms with Gasteiger partial charge in [-0.2, -0.15) is 11.8 Å². The van der Waals surface area contributed by atoms with Crippen LogP contribution in [-0.2, 0) is 20.4 Å². The molecule has 4 heterocycles. The van der Waals surface area contributed by atoms with Gasteiger partial charge in [0, 0.05) is 47.5 Å². The average molecular weight is 673 g/mol. The van der Waals surface area contributed by atoms with E-state index in [1.807, 2.05) is 47.3 Å². The molecule has 3 aromatic heterocycles. The van der Waals surface area contributed by atoms with Crippen LogP contribution >= 0.6 is 0 Å². The van der Waals surface area contributed by atoms with Crippen molar-refractivity contribution in [3.8, 4) is 16.8 Å². The van der Waals surface area contributed by atoms with Crippen molar-refractivity contribution in [1.29, 1.82) is 0 Å². The minimum Gasteiger partial charge on any atom is -0.511 e. The van der Waals surface area contributed by atoms with Crippen molar-refractivity contribution in [2.75, 3.05) is 11.9 Å². The van der Waals surface area contributed by atoms with Gasteiger partial charge in [0.05, 0.1) is 17.4 Å². The summed E-state index contributed by atoms with van der Waals surface area (Å²) in [5.41, 5.74) is 9.24. The Kier molecular flexibility index (Phi) is 6.09. The van der Waals surface area contributed by atoms with Crippen molar-refractivity contribution in [3.63, 3.8) is 0 Å². The van der Waals surface area contributed by atoms with E-state index in [-0.39, 0.29) is 20.4 Å². The first-order valence-electron chi connectivity index (χ1n) is 16.0. The first kappa shape index (κ1) is 25.1. The SMILES string of the molecule is [2H]C([2H])([2H])N1C=CN(c2[c-]c3c(cc2)oc2ccc4oc5ccc(-n6cc(-c7c(C(C)C)cccc7C(C)C)cn6)[c-]c5c4c23)[CH-]1.[Pd]. The maximum absolute atomic E-state index is 7.73. The maximum Gasteiger partial charge on any atom is 0.0722 e. The molecule has 0 N–H and O–H groups in total. The monoisotopic (exact) mass is 672 g/mol. The fraction of sp³-hybridized carbons (Fsp3) is 0.189. The van der Waals surface area contributed by atoms with Crippen LogP contribution in [0.1, 0.15) is 54.8 Å². The number of rotatable bonds is 5. The number of aromatic nitrogens is 2. The minimum absolute atomic E-state index is 0. The quantitative estimate of drug-likeness (QED) is 0.135. The van der Waals surface area contributed by atoms with Gasteiger partial charge in [0.2, 0.25) is 0 Å². The zero-order valence-electron chi connectivity index (χ0n) is 27.7. The van der Waals surface area contributed by atoms with Crippen LogP contribution < -0.4 is 4.90 Å². The van der Waals surface area contributed by atoms with Crippen LogP contribution in [0.25, 0.3) is 60.7 Å². The van der Waals surface area contributed by atoms with E-state index in [4.69, 9.17) is 18.0 Å². The number of furan rings is 2. The standard InChI is InChI=1S/C37H31N4O2.Pd/c1-22(2)27-7-6-8-28(23(3)4)35(27)24-19-38-41(20-24)26-10-12-32-30(18-26)37-34(43-32)14-13-33-36(37)29-17-25(9-11-31(29)42-33)40-16-15-39(5)21-40;/h6-16,19-23H,1-5H3;/q-3;/i5D3;. The molecule has 6 nitrogen and oxygen atoms in total. The van der Waals surface area contributed by atoms with E-state index in [1.54, 1.807) is 11.1 Å². The maximum atomic E-state index is 7.73. The van der Waals surface area contributed by atoms with Gasteiger partial charge in [-0.15, -0.1) is 47.2 Å². The Morgan fingerprint density at radius 2 is 1.36 bits per heavy atom. The van der Waals surface area contributed by atoms with Crippen LogP contribution in [-0.4, -0.2) is 21.7 Å². The summed E-state index contributed by atoms with van der Waals surface area (Å²) < 4.78 is 37.6. The molecule has 1 aliphatic rings. The predicted octanol–water partition coefficient (Wildman–Crippen LogP) is 9.53. The molecule has 8 rings (SSSR count). The molecule has 0 atom stereocenters. The molecule has 0 saturated carbocycles. The fourth-order valence-electron chi connectivity index (χ4n) is 6.20. The summed E-state index contributed by atoms with van der Waals surface area (Å²) in [6.45, 7) is 8.18. The van der Waals surface area contributed by atoms with Crippen LogP contribution in [0.3, 0.4) is 0 Å². The minimum atomic E-state index is -2.27. The van der Waals surface area contributed by atoms with Crippen LogP contribution in [0.5, 0.6) is 0 Å². The van der Waals surface area contributed by atoms with Crippen molar-refractivity contribution < 1.29 is 33.4 Å². The summed E-state index contributed by atoms with van der Waals surface area (Å²) in [5.74, 6) is 0.753. The second kappa shape index (κ2) is 10.7. The third-order valence-electron chi connectivity index (χ3n) is 8.26. The number of hydrogen-bond donors (Lipinski definition) is 0. The van der Waals surface area contributed by atoms with Crippen molar-refractivity contribution in [1.82, 2.24) is 14.7 Å². The molecule has 7 heteroatoms. The van der Waals surface area contributed by atoms with Gasteiger partial charge in [-0.1, -0.05) is 62.4 Å². The molecule has 0 fully saturated rings. The second-order valence-corrected chi connectivity index (χ2v) is 11.7. The van der Waals surface area contributed by atoms with E-state index in [2.05, 4.69) is 64.2 Å². The Hall–Kier alpha value is -4.31. The first-order chi connectivity index (χ1) is 22.1. The van der Waals surface area contributed by atoms with Crippen LogP contribution in [0.15, 0.2) is 88.2 Å². The van der Waals surface area contributed by atoms with E-state index in [0.29, 0.717) is 39.9 Å². The Bertz CT molecular complexity index is 2300. The van der Waals surface area contributed by atoms with Crippen molar-refractivity contribution in [2.45, 2.75) is 39.5 Å². The molecular formula is C37H31N4O2Pd-3. The molecule has 0 amide bonds. The third kappa shape index (κ3) is 4.46. The second-order valence-electron chi connectivity index (χ2n) is 11.7. The number of benzene rings is 4. The van der Waals surface area contributed by atoms with Gasteiger partial charge in [0.15, 0.2) is 0 Å². The zero-order valence-corrected chi connectivity index (χ0v) is 26.2. The number of anilines is 1. The van der Waals surface area contributed by atoms with E-state index < -0.39 is 6.98 Å². The van der Waals surface area contributed by atoms with Crippen molar-refractivity contribution >= 4 is 49.6 Å². The van der Waals surface area contributed by atoms with E-state index in [1.165, 1.54) is 34.5 Å². The molecule has 0 radical (unpaired) electrons. The predicted molar refractivity (Wildman–Crippen MR) is 173 cm³/mol. The Balaban J connectivity index is 0.00000351. The molecule has 0 unspecified atom stereocenters. The van der Waals surface area contributed by atoms with E-state index in [9.17, 15) is 0 Å². The summed E-state index contributed by atoms with van der Waals surface area (Å²) in [5, 5.41) is 8.14. The molecule has 0 saturated heterocycles. The zero-order chi connectivity index (χ0) is 31.9. The van der Waals surface area contributed by atoms with Crippen molar-refractivity contribution in [2.24, 2.45) is 0 Å². The molecule has 4 aromatic carbocycles. The molecule has 0 aliphatic carbocycles. The van der Waals surface area contributed by atoms with Gasteiger partial charge in [0.1, 0.15) is 0 Å². The average Bonchev–Trinajstić information content (AvgIpc) is 3.83. The van der Waals surface area contributed by atoms with Crippen LogP contribution in [0.2, 0.25) is 0 Å². The van der Waals surface area contributed by atoms with Crippen molar-refractivity contribution in [3.05, 3.63) is 109 Å². The van der Waals surface area contributed by atoms with Gasteiger partial charge >= 0.3 is 0 Å². The number of fused-ring (bicyclic) bond motifs is 7. The molecule has 0 bridgehead atoms. The molecule has 224 valence electrons. The smallest absolute Gasteiger partial charge is 0.0722 e. The van der Waals surface area contributed by atoms with Gasteiger partial charge in [-0.25, -0.2) is 0 Å². The third-order valence-corrected chi connectivity index (χ3v) is 8.26. The Morgan fingerprint density at radius 1 is 0.773 bits per heavy atom. The summed E-state index contributed by atoms with van der Waals surface area (Å²) in [6, 6.07) is 25.1. The molecule has 44 heavy (non-hydrogen) atoms. The number of nitrogens with zero attached hydrogens (tertiary/aromatic N) is 4. The van der Waals surface area contributed by atoms with Gasteiger partial charge in [-0.05, 0) is 65.7 Å². The van der Waals surface area contributed by atoms with Crippen LogP contribution in [0.4, 0.5) is 5.69 Å². The number of hydrogen-bond acceptors (Lipinski definition) is 5. The topological polar surface area (TPSA) is 50.6 Å². The summed E-state index contributed by atoms with van der Waals surface area (Å²) in [4.78, 5) is 2.93.